The maximum absolute atomic E-state index is 13.0. The zero-order chi connectivity index (χ0) is 21.4. The van der Waals surface area contributed by atoms with Crippen LogP contribution >= 0.6 is 0 Å². The number of ketones is 1. The number of carbonyl (C=O) groups is 1. The molecule has 3 aromatic rings. The van der Waals surface area contributed by atoms with Crippen LogP contribution in [0.25, 0.3) is 6.08 Å². The maximum atomic E-state index is 13.0. The molecule has 6 nitrogen and oxygen atoms in total. The Hall–Kier alpha value is -3.64. The summed E-state index contributed by atoms with van der Waals surface area (Å²) in [6.45, 7) is 3.77. The van der Waals surface area contributed by atoms with E-state index in [0.29, 0.717) is 36.9 Å². The molecule has 0 atom stereocenters. The van der Waals surface area contributed by atoms with Gasteiger partial charge in [0.2, 0.25) is 5.78 Å². The molecule has 31 heavy (non-hydrogen) atoms. The Morgan fingerprint density at radius 2 is 1.97 bits per heavy atom. The summed E-state index contributed by atoms with van der Waals surface area (Å²) in [6, 6.07) is 13.5. The van der Waals surface area contributed by atoms with Crippen molar-refractivity contribution in [2.24, 2.45) is 0 Å². The number of ether oxygens (including phenoxy) is 3. The van der Waals surface area contributed by atoms with Gasteiger partial charge in [0.15, 0.2) is 5.76 Å². The van der Waals surface area contributed by atoms with Gasteiger partial charge in [-0.25, -0.2) is 0 Å². The van der Waals surface area contributed by atoms with E-state index >= 15 is 0 Å². The SMILES string of the molecule is COc1ccccc1CN1COc2c(cc3c(c2C)O/C(=C\c2ccncc2)C3=O)C1. The fourth-order valence-corrected chi connectivity index (χ4v) is 4.08. The topological polar surface area (TPSA) is 60.9 Å². The molecule has 0 aliphatic carbocycles. The molecular formula is C25H22N2O4. The monoisotopic (exact) mass is 414 g/mol. The smallest absolute Gasteiger partial charge is 0.231 e. The summed E-state index contributed by atoms with van der Waals surface area (Å²) in [5, 5.41) is 0. The highest BCUT2D eigenvalue weighted by atomic mass is 16.5. The summed E-state index contributed by atoms with van der Waals surface area (Å²) < 4.78 is 17.5. The Kier molecular flexibility index (Phi) is 4.92. The second-order valence-electron chi connectivity index (χ2n) is 7.66. The van der Waals surface area contributed by atoms with Crippen LogP contribution in [0.15, 0.2) is 60.6 Å². The Labute approximate surface area is 180 Å². The number of Topliss-reactive ketones (excluding diaryl/α,β-unsaturated/α-hetero) is 1. The molecular weight excluding hydrogens is 392 g/mol. The van der Waals surface area contributed by atoms with Gasteiger partial charge in [0.25, 0.3) is 0 Å². The zero-order valence-electron chi connectivity index (χ0n) is 17.4. The second kappa shape index (κ2) is 7.89. The van der Waals surface area contributed by atoms with Crippen LogP contribution in [0.2, 0.25) is 0 Å². The number of benzene rings is 2. The van der Waals surface area contributed by atoms with Gasteiger partial charge in [0.1, 0.15) is 24.0 Å². The van der Waals surface area contributed by atoms with Crippen molar-refractivity contribution >= 4 is 11.9 Å². The molecule has 5 rings (SSSR count). The Bertz CT molecular complexity index is 1190. The van der Waals surface area contributed by atoms with Crippen molar-refractivity contribution in [2.75, 3.05) is 13.8 Å². The van der Waals surface area contributed by atoms with E-state index in [9.17, 15) is 4.79 Å². The number of fused-ring (bicyclic) bond motifs is 2. The highest BCUT2D eigenvalue weighted by Gasteiger charge is 2.33. The first-order valence-corrected chi connectivity index (χ1v) is 10.1. The highest BCUT2D eigenvalue weighted by molar-refractivity contribution is 6.15. The van der Waals surface area contributed by atoms with Crippen LogP contribution in [-0.2, 0) is 13.1 Å². The maximum Gasteiger partial charge on any atom is 0.231 e. The lowest BCUT2D eigenvalue weighted by Crippen LogP contribution is -2.32. The summed E-state index contributed by atoms with van der Waals surface area (Å²) in [6.07, 6.45) is 5.12. The van der Waals surface area contributed by atoms with Gasteiger partial charge in [-0.2, -0.15) is 0 Å². The third kappa shape index (κ3) is 3.55. The molecule has 0 saturated carbocycles. The molecule has 0 saturated heterocycles. The number of aromatic nitrogens is 1. The highest BCUT2D eigenvalue weighted by Crippen LogP contribution is 2.43. The van der Waals surface area contributed by atoms with Gasteiger partial charge in [0.05, 0.1) is 12.7 Å². The summed E-state index contributed by atoms with van der Waals surface area (Å²) in [5.74, 6) is 2.44. The average Bonchev–Trinajstić information content (AvgIpc) is 3.10. The normalized spacial score (nSPS) is 16.5. The Morgan fingerprint density at radius 3 is 2.77 bits per heavy atom. The van der Waals surface area contributed by atoms with E-state index in [-0.39, 0.29) is 5.78 Å². The number of hydrogen-bond acceptors (Lipinski definition) is 6. The molecule has 0 bridgehead atoms. The van der Waals surface area contributed by atoms with E-state index in [1.54, 1.807) is 25.6 Å². The van der Waals surface area contributed by atoms with Gasteiger partial charge < -0.3 is 14.2 Å². The van der Waals surface area contributed by atoms with E-state index < -0.39 is 0 Å². The van der Waals surface area contributed by atoms with Crippen LogP contribution in [0.5, 0.6) is 17.2 Å². The lowest BCUT2D eigenvalue weighted by molar-refractivity contribution is 0.0869. The summed E-state index contributed by atoms with van der Waals surface area (Å²) in [7, 11) is 1.68. The number of nitrogens with zero attached hydrogens (tertiary/aromatic N) is 2. The van der Waals surface area contributed by atoms with E-state index in [1.165, 1.54) is 0 Å². The number of allylic oxidation sites excluding steroid dienone is 1. The van der Waals surface area contributed by atoms with E-state index in [2.05, 4.69) is 16.0 Å². The largest absolute Gasteiger partial charge is 0.496 e. The van der Waals surface area contributed by atoms with Crippen LogP contribution in [0.1, 0.15) is 32.6 Å². The van der Waals surface area contributed by atoms with Gasteiger partial charge in [-0.15, -0.1) is 0 Å². The molecule has 2 aliphatic rings. The number of hydrogen-bond donors (Lipinski definition) is 0. The molecule has 0 unspecified atom stereocenters. The van der Waals surface area contributed by atoms with Gasteiger partial charge in [-0.1, -0.05) is 18.2 Å². The minimum Gasteiger partial charge on any atom is -0.496 e. The second-order valence-corrected chi connectivity index (χ2v) is 7.66. The molecule has 6 heteroatoms. The molecule has 0 spiro atoms. The third-order valence-corrected chi connectivity index (χ3v) is 5.59. The van der Waals surface area contributed by atoms with Crippen molar-refractivity contribution in [1.82, 2.24) is 9.88 Å². The number of pyridine rings is 1. The van der Waals surface area contributed by atoms with Crippen LogP contribution in [0.4, 0.5) is 0 Å². The van der Waals surface area contributed by atoms with Crippen molar-refractivity contribution in [3.05, 3.63) is 88.4 Å². The average molecular weight is 414 g/mol. The summed E-state index contributed by atoms with van der Waals surface area (Å²) in [4.78, 5) is 19.2. The predicted molar refractivity (Wildman–Crippen MR) is 116 cm³/mol. The van der Waals surface area contributed by atoms with E-state index in [4.69, 9.17) is 14.2 Å². The lowest BCUT2D eigenvalue weighted by atomic mass is 10.00. The van der Waals surface area contributed by atoms with Crippen molar-refractivity contribution in [1.29, 1.82) is 0 Å². The van der Waals surface area contributed by atoms with E-state index in [1.807, 2.05) is 43.3 Å². The van der Waals surface area contributed by atoms with Gasteiger partial charge >= 0.3 is 0 Å². The minimum absolute atomic E-state index is 0.112. The quantitative estimate of drug-likeness (QED) is 0.591. The van der Waals surface area contributed by atoms with Crippen molar-refractivity contribution in [3.63, 3.8) is 0 Å². The molecule has 3 heterocycles. The Balaban J connectivity index is 1.42. The first-order valence-electron chi connectivity index (χ1n) is 10.1. The first-order chi connectivity index (χ1) is 15.1. The molecule has 0 N–H and O–H groups in total. The number of carbonyl (C=O) groups excluding carboxylic acids is 1. The van der Waals surface area contributed by atoms with Crippen LogP contribution < -0.4 is 14.2 Å². The van der Waals surface area contributed by atoms with Crippen molar-refractivity contribution < 1.29 is 19.0 Å². The van der Waals surface area contributed by atoms with Crippen LogP contribution in [-0.4, -0.2) is 29.5 Å². The number of rotatable bonds is 4. The summed E-state index contributed by atoms with van der Waals surface area (Å²) in [5.41, 5.74) is 4.39. The fraction of sp³-hybridized carbons (Fsp3) is 0.200. The van der Waals surface area contributed by atoms with E-state index in [0.717, 1.165) is 33.8 Å². The zero-order valence-corrected chi connectivity index (χ0v) is 17.4. The number of methoxy groups -OCH3 is 1. The van der Waals surface area contributed by atoms with Crippen molar-refractivity contribution in [3.8, 4) is 17.2 Å². The van der Waals surface area contributed by atoms with Crippen molar-refractivity contribution in [2.45, 2.75) is 20.0 Å². The third-order valence-electron chi connectivity index (χ3n) is 5.59. The Morgan fingerprint density at radius 1 is 1.16 bits per heavy atom. The molecule has 0 amide bonds. The molecule has 2 aromatic carbocycles. The summed E-state index contributed by atoms with van der Waals surface area (Å²) >= 11 is 0. The van der Waals surface area contributed by atoms with Gasteiger partial charge in [0, 0.05) is 42.2 Å². The van der Waals surface area contributed by atoms with Crippen LogP contribution in [0.3, 0.4) is 0 Å². The number of para-hydroxylation sites is 1. The molecule has 0 radical (unpaired) electrons. The lowest BCUT2D eigenvalue weighted by Gasteiger charge is -2.30. The fourth-order valence-electron chi connectivity index (χ4n) is 4.08. The van der Waals surface area contributed by atoms with Gasteiger partial charge in [-0.05, 0) is 42.8 Å². The standard InChI is InChI=1S/C25H22N2O4/c1-16-24-19(14-27(15-30-24)13-18-5-3-4-6-21(18)29-2)12-20-23(28)22(31-25(16)20)11-17-7-9-26-10-8-17/h3-12H,13-15H2,1-2H3/b22-11-. The molecule has 156 valence electrons. The van der Waals surface area contributed by atoms with Crippen LogP contribution in [0, 0.1) is 6.92 Å². The molecule has 0 fully saturated rings. The predicted octanol–water partition coefficient (Wildman–Crippen LogP) is 4.37. The molecule has 2 aliphatic heterocycles. The molecule has 1 aromatic heterocycles. The minimum atomic E-state index is -0.112. The first kappa shape index (κ1) is 19.3. The van der Waals surface area contributed by atoms with Gasteiger partial charge in [-0.3, -0.25) is 14.7 Å².